The van der Waals surface area contributed by atoms with Gasteiger partial charge in [0.05, 0.1) is 11.7 Å². The van der Waals surface area contributed by atoms with Crippen molar-refractivity contribution in [3.63, 3.8) is 0 Å². The van der Waals surface area contributed by atoms with Crippen LogP contribution in [0, 0.1) is 11.6 Å². The Morgan fingerprint density at radius 1 is 1.23 bits per heavy atom. The first-order valence-corrected chi connectivity index (χ1v) is 8.41. The van der Waals surface area contributed by atoms with Crippen molar-refractivity contribution in [1.29, 1.82) is 0 Å². The van der Waals surface area contributed by atoms with E-state index in [-0.39, 0.29) is 29.8 Å². The average Bonchev–Trinajstić information content (AvgIpc) is 2.63. The Hall–Kier alpha value is -2.60. The van der Waals surface area contributed by atoms with Crippen molar-refractivity contribution >= 4 is 6.08 Å². The molecule has 0 aliphatic rings. The summed E-state index contributed by atoms with van der Waals surface area (Å²) in [5.41, 5.74) is 0.735. The van der Waals surface area contributed by atoms with Gasteiger partial charge in [0.2, 0.25) is 5.82 Å². The van der Waals surface area contributed by atoms with Crippen LogP contribution in [0.2, 0.25) is 0 Å². The van der Waals surface area contributed by atoms with Crippen molar-refractivity contribution in [1.82, 2.24) is 9.97 Å². The lowest BCUT2D eigenvalue weighted by atomic mass is 10.1. The second-order valence-electron chi connectivity index (χ2n) is 5.86. The van der Waals surface area contributed by atoms with E-state index in [2.05, 4.69) is 16.5 Å². The molecule has 138 valence electrons. The summed E-state index contributed by atoms with van der Waals surface area (Å²) in [6.07, 6.45) is 10.5. The zero-order valence-corrected chi connectivity index (χ0v) is 14.7. The van der Waals surface area contributed by atoms with Gasteiger partial charge in [0.25, 0.3) is 0 Å². The van der Waals surface area contributed by atoms with Gasteiger partial charge in [-0.3, -0.25) is 0 Å². The van der Waals surface area contributed by atoms with Gasteiger partial charge in [0, 0.05) is 18.0 Å². The number of aliphatic hydroxyl groups excluding tert-OH is 1. The number of aliphatic hydroxyl groups is 1. The Labute approximate surface area is 151 Å². The summed E-state index contributed by atoms with van der Waals surface area (Å²) in [4.78, 5) is 8.21. The third-order valence-electron chi connectivity index (χ3n) is 3.62. The van der Waals surface area contributed by atoms with Crippen molar-refractivity contribution in [2.45, 2.75) is 32.3 Å². The van der Waals surface area contributed by atoms with E-state index in [1.54, 1.807) is 19.3 Å². The van der Waals surface area contributed by atoms with E-state index in [1.807, 2.05) is 12.2 Å². The highest BCUT2D eigenvalue weighted by atomic mass is 19.2. The van der Waals surface area contributed by atoms with Crippen LogP contribution in [-0.2, 0) is 0 Å². The minimum absolute atomic E-state index is 0.0269. The van der Waals surface area contributed by atoms with Gasteiger partial charge in [-0.1, -0.05) is 24.8 Å². The Morgan fingerprint density at radius 3 is 2.62 bits per heavy atom. The number of rotatable bonds is 9. The van der Waals surface area contributed by atoms with Crippen molar-refractivity contribution in [3.8, 4) is 17.1 Å². The molecule has 2 aromatic rings. The normalized spacial score (nSPS) is 12.3. The number of nitrogens with zero attached hydrogens (tertiary/aromatic N) is 2. The van der Waals surface area contributed by atoms with E-state index in [1.165, 1.54) is 18.2 Å². The molecule has 1 heterocycles. The Morgan fingerprint density at radius 2 is 1.96 bits per heavy atom. The maximum absolute atomic E-state index is 14.2. The van der Waals surface area contributed by atoms with Gasteiger partial charge in [-0.25, -0.2) is 14.4 Å². The van der Waals surface area contributed by atoms with Crippen LogP contribution in [0.15, 0.2) is 43.3 Å². The zero-order chi connectivity index (χ0) is 18.9. The van der Waals surface area contributed by atoms with Gasteiger partial charge in [-0.2, -0.15) is 4.39 Å². The van der Waals surface area contributed by atoms with Gasteiger partial charge in [-0.15, -0.1) is 0 Å². The van der Waals surface area contributed by atoms with Gasteiger partial charge in [0.1, 0.15) is 6.61 Å². The third kappa shape index (κ3) is 5.46. The number of allylic oxidation sites excluding steroid dienone is 1. The molecule has 0 saturated carbocycles. The quantitative estimate of drug-likeness (QED) is 0.526. The summed E-state index contributed by atoms with van der Waals surface area (Å²) >= 11 is 0. The topological polar surface area (TPSA) is 55.2 Å². The molecule has 0 radical (unpaired) electrons. The Kier molecular flexibility index (Phi) is 7.41. The number of hydrogen-bond acceptors (Lipinski definition) is 4. The van der Waals surface area contributed by atoms with E-state index in [0.29, 0.717) is 0 Å². The van der Waals surface area contributed by atoms with Gasteiger partial charge in [-0.05, 0) is 38.3 Å². The highest BCUT2D eigenvalue weighted by Gasteiger charge is 2.17. The molecule has 1 aromatic carbocycles. The second kappa shape index (κ2) is 9.77. The molecule has 0 saturated heterocycles. The number of hydrogen-bond donors (Lipinski definition) is 1. The molecule has 4 nitrogen and oxygen atoms in total. The number of benzene rings is 1. The first kappa shape index (κ1) is 19.7. The summed E-state index contributed by atoms with van der Waals surface area (Å²) in [5, 5.41) is 9.20. The maximum Gasteiger partial charge on any atom is 0.201 e. The largest absolute Gasteiger partial charge is 0.486 e. The molecule has 2 rings (SSSR count). The van der Waals surface area contributed by atoms with Crippen LogP contribution in [0.1, 0.15) is 31.7 Å². The summed E-state index contributed by atoms with van der Waals surface area (Å²) in [5.74, 6) is -2.20. The van der Waals surface area contributed by atoms with Crippen LogP contribution in [-0.4, -0.2) is 27.8 Å². The number of ether oxygens (including phenoxy) is 1. The van der Waals surface area contributed by atoms with Crippen LogP contribution in [0.25, 0.3) is 17.5 Å². The highest BCUT2D eigenvalue weighted by molar-refractivity contribution is 5.59. The standard InChI is InChI=1S/C20H22F2N2O2/c1-3-11-26-17-10-9-16(18(21)19(17)22)20-23-12-15(13-24-20)8-6-4-5-7-14(2)25/h3,6,8-10,12-14,25H,1,4-5,7,11H2,2H3/b8-6+. The minimum atomic E-state index is -1.07. The zero-order valence-electron chi connectivity index (χ0n) is 14.7. The Bertz CT molecular complexity index is 759. The lowest BCUT2D eigenvalue weighted by Gasteiger charge is -2.08. The molecule has 0 bridgehead atoms. The van der Waals surface area contributed by atoms with Crippen LogP contribution >= 0.6 is 0 Å². The molecular weight excluding hydrogens is 338 g/mol. The van der Waals surface area contributed by atoms with E-state index in [9.17, 15) is 13.9 Å². The number of unbranched alkanes of at least 4 members (excludes halogenated alkanes) is 1. The molecule has 0 spiro atoms. The molecule has 1 unspecified atom stereocenters. The summed E-state index contributed by atoms with van der Waals surface area (Å²) in [6.45, 7) is 5.31. The third-order valence-corrected chi connectivity index (χ3v) is 3.62. The fourth-order valence-electron chi connectivity index (χ4n) is 2.28. The maximum atomic E-state index is 14.2. The number of aromatic nitrogens is 2. The first-order chi connectivity index (χ1) is 12.5. The Balaban J connectivity index is 2.07. The van der Waals surface area contributed by atoms with E-state index in [0.717, 1.165) is 24.8 Å². The molecule has 0 aliphatic carbocycles. The smallest absolute Gasteiger partial charge is 0.201 e. The van der Waals surface area contributed by atoms with Crippen molar-refractivity contribution in [3.05, 3.63) is 60.5 Å². The average molecular weight is 360 g/mol. The molecule has 6 heteroatoms. The molecule has 26 heavy (non-hydrogen) atoms. The highest BCUT2D eigenvalue weighted by Crippen LogP contribution is 2.28. The van der Waals surface area contributed by atoms with Crippen molar-refractivity contribution in [2.24, 2.45) is 0 Å². The van der Waals surface area contributed by atoms with E-state index in [4.69, 9.17) is 4.74 Å². The molecule has 0 aliphatic heterocycles. The lowest BCUT2D eigenvalue weighted by molar-refractivity contribution is 0.182. The van der Waals surface area contributed by atoms with Gasteiger partial charge >= 0.3 is 0 Å². The second-order valence-corrected chi connectivity index (χ2v) is 5.86. The van der Waals surface area contributed by atoms with Gasteiger partial charge in [0.15, 0.2) is 17.4 Å². The fourth-order valence-corrected chi connectivity index (χ4v) is 2.28. The van der Waals surface area contributed by atoms with E-state index < -0.39 is 11.6 Å². The lowest BCUT2D eigenvalue weighted by Crippen LogP contribution is -2.00. The van der Waals surface area contributed by atoms with Crippen molar-refractivity contribution < 1.29 is 18.6 Å². The van der Waals surface area contributed by atoms with Crippen LogP contribution in [0.5, 0.6) is 5.75 Å². The predicted octanol–water partition coefficient (Wildman–Crippen LogP) is 4.55. The summed E-state index contributed by atoms with van der Waals surface area (Å²) in [7, 11) is 0. The van der Waals surface area contributed by atoms with E-state index >= 15 is 0 Å². The van der Waals surface area contributed by atoms with Crippen molar-refractivity contribution in [2.75, 3.05) is 6.61 Å². The first-order valence-electron chi connectivity index (χ1n) is 8.41. The molecule has 1 aromatic heterocycles. The SMILES string of the molecule is C=CCOc1ccc(-c2ncc(/C=C/CCCC(C)O)cn2)c(F)c1F. The molecule has 1 atom stereocenters. The monoisotopic (exact) mass is 360 g/mol. The van der Waals surface area contributed by atoms with Gasteiger partial charge < -0.3 is 9.84 Å². The molecule has 0 fully saturated rings. The van der Waals surface area contributed by atoms with Crippen LogP contribution in [0.4, 0.5) is 8.78 Å². The van der Waals surface area contributed by atoms with Crippen LogP contribution < -0.4 is 4.74 Å². The van der Waals surface area contributed by atoms with Crippen LogP contribution in [0.3, 0.4) is 0 Å². The predicted molar refractivity (Wildman–Crippen MR) is 97.6 cm³/mol. The fraction of sp³-hybridized carbons (Fsp3) is 0.300. The number of halogens is 2. The summed E-state index contributed by atoms with van der Waals surface area (Å²) in [6, 6.07) is 2.73. The minimum Gasteiger partial charge on any atom is -0.486 e. The molecule has 1 N–H and O–H groups in total. The molecular formula is C20H22F2N2O2. The summed E-state index contributed by atoms with van der Waals surface area (Å²) < 4.78 is 33.3. The molecule has 0 amide bonds.